The Bertz CT molecular complexity index is 282. The number of nitrogens with zero attached hydrogens (tertiary/aromatic N) is 2. The van der Waals surface area contributed by atoms with Gasteiger partial charge in [0.05, 0.1) is 6.10 Å². The van der Waals surface area contributed by atoms with Gasteiger partial charge in [0, 0.05) is 31.5 Å². The second kappa shape index (κ2) is 4.59. The van der Waals surface area contributed by atoms with Crippen LogP contribution in [0.2, 0.25) is 0 Å². The van der Waals surface area contributed by atoms with Gasteiger partial charge in [-0.1, -0.05) is 5.16 Å². The van der Waals surface area contributed by atoms with Gasteiger partial charge in [0.15, 0.2) is 0 Å². The van der Waals surface area contributed by atoms with E-state index in [2.05, 4.69) is 17.0 Å². The van der Waals surface area contributed by atoms with Crippen molar-refractivity contribution >= 4 is 5.84 Å². The van der Waals surface area contributed by atoms with E-state index < -0.39 is 0 Å². The Morgan fingerprint density at radius 1 is 1.50 bits per heavy atom. The number of fused-ring (bicyclic) bond motifs is 1. The van der Waals surface area contributed by atoms with E-state index in [1.165, 1.54) is 0 Å². The quantitative estimate of drug-likeness (QED) is 0.279. The average Bonchev–Trinajstić information content (AvgIpc) is 2.81. The van der Waals surface area contributed by atoms with Gasteiger partial charge in [0.25, 0.3) is 0 Å². The molecule has 92 valence electrons. The molecule has 0 aromatic rings. The molecule has 5 nitrogen and oxygen atoms in total. The molecule has 4 N–H and O–H groups in total. The summed E-state index contributed by atoms with van der Waals surface area (Å²) in [5, 5.41) is 21.4. The van der Waals surface area contributed by atoms with Gasteiger partial charge in [-0.2, -0.15) is 0 Å². The summed E-state index contributed by atoms with van der Waals surface area (Å²) in [5.74, 6) is 1.37. The summed E-state index contributed by atoms with van der Waals surface area (Å²) >= 11 is 0. The zero-order valence-corrected chi connectivity index (χ0v) is 9.71. The van der Waals surface area contributed by atoms with Crippen molar-refractivity contribution < 1.29 is 10.3 Å². The Labute approximate surface area is 95.9 Å². The molecule has 0 aromatic heterocycles. The number of likely N-dealkylation sites (tertiary alicyclic amines) is 1. The van der Waals surface area contributed by atoms with Crippen LogP contribution in [0.15, 0.2) is 5.16 Å². The number of oxime groups is 1. The molecule has 0 bridgehead atoms. The van der Waals surface area contributed by atoms with Gasteiger partial charge < -0.3 is 16.0 Å². The lowest BCUT2D eigenvalue weighted by atomic mass is 10.00. The SMILES string of the molecule is CC(CC(N)=NO)N1CC2CCC(O)C2C1. The molecule has 5 heteroatoms. The summed E-state index contributed by atoms with van der Waals surface area (Å²) in [7, 11) is 0. The molecular weight excluding hydrogens is 206 g/mol. The number of hydrogen-bond acceptors (Lipinski definition) is 4. The third-order valence-electron chi connectivity index (χ3n) is 4.10. The molecule has 2 rings (SSSR count). The molecule has 2 fully saturated rings. The monoisotopic (exact) mass is 227 g/mol. The van der Waals surface area contributed by atoms with Crippen molar-refractivity contribution in [1.82, 2.24) is 4.90 Å². The van der Waals surface area contributed by atoms with Gasteiger partial charge in [-0.15, -0.1) is 0 Å². The predicted octanol–water partition coefficient (Wildman–Crippen LogP) is 0.214. The molecule has 1 heterocycles. The fourth-order valence-electron chi connectivity index (χ4n) is 3.10. The molecule has 0 radical (unpaired) electrons. The predicted molar refractivity (Wildman–Crippen MR) is 61.3 cm³/mol. The van der Waals surface area contributed by atoms with Crippen LogP contribution < -0.4 is 5.73 Å². The minimum absolute atomic E-state index is 0.119. The first-order valence-electron chi connectivity index (χ1n) is 6.00. The molecule has 1 aliphatic carbocycles. The number of aliphatic hydroxyl groups excluding tert-OH is 1. The lowest BCUT2D eigenvalue weighted by Crippen LogP contribution is -2.36. The Morgan fingerprint density at radius 2 is 2.25 bits per heavy atom. The van der Waals surface area contributed by atoms with Crippen LogP contribution in [0, 0.1) is 11.8 Å². The molecule has 0 amide bonds. The van der Waals surface area contributed by atoms with Crippen LogP contribution >= 0.6 is 0 Å². The second-order valence-corrected chi connectivity index (χ2v) is 5.17. The normalized spacial score (nSPS) is 37.6. The van der Waals surface area contributed by atoms with Crippen molar-refractivity contribution in [2.24, 2.45) is 22.7 Å². The number of nitrogens with two attached hydrogens (primary N) is 1. The van der Waals surface area contributed by atoms with Crippen molar-refractivity contribution in [2.45, 2.75) is 38.3 Å². The highest BCUT2D eigenvalue weighted by Crippen LogP contribution is 2.38. The lowest BCUT2D eigenvalue weighted by Gasteiger charge is -2.25. The van der Waals surface area contributed by atoms with E-state index in [-0.39, 0.29) is 18.0 Å². The largest absolute Gasteiger partial charge is 0.409 e. The average molecular weight is 227 g/mol. The van der Waals surface area contributed by atoms with Crippen LogP contribution in [0.1, 0.15) is 26.2 Å². The van der Waals surface area contributed by atoms with Crippen molar-refractivity contribution in [2.75, 3.05) is 13.1 Å². The maximum absolute atomic E-state index is 9.81. The number of aliphatic hydroxyl groups is 1. The minimum Gasteiger partial charge on any atom is -0.409 e. The van der Waals surface area contributed by atoms with Gasteiger partial charge >= 0.3 is 0 Å². The van der Waals surface area contributed by atoms with Crippen LogP contribution in [0.4, 0.5) is 0 Å². The third-order valence-corrected chi connectivity index (χ3v) is 4.10. The lowest BCUT2D eigenvalue weighted by molar-refractivity contribution is 0.119. The van der Waals surface area contributed by atoms with Crippen LogP contribution in [-0.4, -0.2) is 46.3 Å². The Hall–Kier alpha value is -0.810. The van der Waals surface area contributed by atoms with Crippen molar-refractivity contribution in [3.63, 3.8) is 0 Å². The van der Waals surface area contributed by atoms with Gasteiger partial charge in [0.2, 0.25) is 0 Å². The number of amidine groups is 1. The highest BCUT2D eigenvalue weighted by molar-refractivity contribution is 5.80. The summed E-state index contributed by atoms with van der Waals surface area (Å²) in [6.07, 6.45) is 2.56. The van der Waals surface area contributed by atoms with Crippen LogP contribution in [0.3, 0.4) is 0 Å². The van der Waals surface area contributed by atoms with E-state index in [4.69, 9.17) is 10.9 Å². The molecule has 2 aliphatic rings. The molecule has 0 aromatic carbocycles. The molecule has 1 saturated heterocycles. The van der Waals surface area contributed by atoms with Crippen LogP contribution in [0.25, 0.3) is 0 Å². The highest BCUT2D eigenvalue weighted by atomic mass is 16.4. The molecule has 16 heavy (non-hydrogen) atoms. The highest BCUT2D eigenvalue weighted by Gasteiger charge is 2.42. The van der Waals surface area contributed by atoms with Gasteiger partial charge in [-0.25, -0.2) is 0 Å². The standard InChI is InChI=1S/C11H21N3O2/c1-7(4-11(12)13-16)14-5-8-2-3-10(15)9(8)6-14/h7-10,15-16H,2-6H2,1H3,(H2,12,13). The number of hydrogen-bond donors (Lipinski definition) is 3. The Morgan fingerprint density at radius 3 is 2.88 bits per heavy atom. The summed E-state index contributed by atoms with van der Waals surface area (Å²) in [4.78, 5) is 2.34. The van der Waals surface area contributed by atoms with Crippen LogP contribution in [-0.2, 0) is 0 Å². The van der Waals surface area contributed by atoms with Gasteiger partial charge in [0.1, 0.15) is 5.84 Å². The molecule has 4 atom stereocenters. The minimum atomic E-state index is -0.119. The first-order valence-corrected chi connectivity index (χ1v) is 6.00. The number of rotatable bonds is 3. The zero-order valence-electron chi connectivity index (χ0n) is 9.71. The Kier molecular flexibility index (Phi) is 3.35. The molecule has 0 spiro atoms. The summed E-state index contributed by atoms with van der Waals surface area (Å²) < 4.78 is 0. The first-order chi connectivity index (χ1) is 7.61. The van der Waals surface area contributed by atoms with E-state index in [9.17, 15) is 5.11 Å². The van der Waals surface area contributed by atoms with E-state index in [0.29, 0.717) is 18.3 Å². The van der Waals surface area contributed by atoms with Gasteiger partial charge in [-0.3, -0.25) is 4.90 Å². The first kappa shape index (κ1) is 11.7. The van der Waals surface area contributed by atoms with Crippen molar-refractivity contribution in [3.8, 4) is 0 Å². The second-order valence-electron chi connectivity index (χ2n) is 5.17. The maximum atomic E-state index is 9.81. The maximum Gasteiger partial charge on any atom is 0.140 e. The molecular formula is C11H21N3O2. The van der Waals surface area contributed by atoms with E-state index in [0.717, 1.165) is 25.9 Å². The zero-order chi connectivity index (χ0) is 11.7. The topological polar surface area (TPSA) is 82.1 Å². The van der Waals surface area contributed by atoms with Crippen LogP contribution in [0.5, 0.6) is 0 Å². The summed E-state index contributed by atoms with van der Waals surface area (Å²) in [6.45, 7) is 4.08. The summed E-state index contributed by atoms with van der Waals surface area (Å²) in [6, 6.07) is 0.286. The summed E-state index contributed by atoms with van der Waals surface area (Å²) in [5.41, 5.74) is 5.51. The van der Waals surface area contributed by atoms with E-state index in [1.54, 1.807) is 0 Å². The smallest absolute Gasteiger partial charge is 0.140 e. The van der Waals surface area contributed by atoms with Crippen molar-refractivity contribution in [3.05, 3.63) is 0 Å². The molecule has 1 aliphatic heterocycles. The fourth-order valence-corrected chi connectivity index (χ4v) is 3.10. The van der Waals surface area contributed by atoms with Gasteiger partial charge in [-0.05, 0) is 25.7 Å². The fraction of sp³-hybridized carbons (Fsp3) is 0.909. The Balaban J connectivity index is 1.89. The molecule has 1 saturated carbocycles. The van der Waals surface area contributed by atoms with Crippen molar-refractivity contribution in [1.29, 1.82) is 0 Å². The molecule has 4 unspecified atom stereocenters. The van der Waals surface area contributed by atoms with E-state index in [1.807, 2.05) is 0 Å². The van der Waals surface area contributed by atoms with E-state index >= 15 is 0 Å². The third kappa shape index (κ3) is 2.15.